The third-order valence-corrected chi connectivity index (χ3v) is 4.18. The van der Waals surface area contributed by atoms with Gasteiger partial charge in [0, 0.05) is 0 Å². The minimum atomic E-state index is -4.48. The van der Waals surface area contributed by atoms with Crippen molar-refractivity contribution in [1.29, 1.82) is 0 Å². The first-order valence-electron chi connectivity index (χ1n) is 8.07. The van der Waals surface area contributed by atoms with Crippen LogP contribution < -0.4 is 9.64 Å². The quantitative estimate of drug-likeness (QED) is 0.761. The monoisotopic (exact) mass is 379 g/mol. The molecule has 8 heteroatoms. The fraction of sp³-hybridized carbons (Fsp3) is 0.263. The van der Waals surface area contributed by atoms with Crippen molar-refractivity contribution >= 4 is 17.6 Å². The number of methoxy groups -OCH3 is 1. The molecule has 1 heterocycles. The number of nitrogens with zero attached hydrogens (tertiary/aromatic N) is 1. The molecule has 5 nitrogen and oxygen atoms in total. The van der Waals surface area contributed by atoms with Crippen molar-refractivity contribution in [3.05, 3.63) is 59.2 Å². The second-order valence-electron chi connectivity index (χ2n) is 6.06. The van der Waals surface area contributed by atoms with Crippen LogP contribution in [0.4, 0.5) is 18.9 Å². The zero-order valence-corrected chi connectivity index (χ0v) is 14.5. The number of carbonyl (C=O) groups excluding carboxylic acids is 2. The van der Waals surface area contributed by atoms with Gasteiger partial charge < -0.3 is 14.4 Å². The van der Waals surface area contributed by atoms with E-state index in [9.17, 15) is 22.8 Å². The topological polar surface area (TPSA) is 55.8 Å². The molecule has 0 aromatic heterocycles. The Morgan fingerprint density at radius 3 is 2.63 bits per heavy atom. The van der Waals surface area contributed by atoms with Gasteiger partial charge in [0.2, 0.25) is 0 Å². The van der Waals surface area contributed by atoms with E-state index in [0.29, 0.717) is 17.0 Å². The molecule has 27 heavy (non-hydrogen) atoms. The molecule has 2 aromatic rings. The number of esters is 1. The number of halogens is 3. The van der Waals surface area contributed by atoms with Crippen molar-refractivity contribution in [1.82, 2.24) is 0 Å². The fourth-order valence-corrected chi connectivity index (χ4v) is 2.84. The van der Waals surface area contributed by atoms with Crippen molar-refractivity contribution in [2.75, 3.05) is 12.0 Å². The van der Waals surface area contributed by atoms with Crippen LogP contribution in [-0.4, -0.2) is 25.1 Å². The van der Waals surface area contributed by atoms with Crippen molar-refractivity contribution < 1.29 is 32.2 Å². The van der Waals surface area contributed by atoms with Gasteiger partial charge in [-0.1, -0.05) is 12.1 Å². The molecular formula is C19H16F3NO4. The van der Waals surface area contributed by atoms with Crippen LogP contribution in [0.2, 0.25) is 0 Å². The maximum absolute atomic E-state index is 13.0. The molecule has 0 saturated heterocycles. The molecule has 3 rings (SSSR count). The number of amides is 1. The van der Waals surface area contributed by atoms with Gasteiger partial charge in [-0.15, -0.1) is 0 Å². The van der Waals surface area contributed by atoms with Gasteiger partial charge in [-0.05, 0) is 42.8 Å². The molecule has 1 aliphatic heterocycles. The minimum absolute atomic E-state index is 0.0892. The van der Waals surface area contributed by atoms with Crippen LogP contribution >= 0.6 is 0 Å². The Hall–Kier alpha value is -3.03. The number of rotatable bonds is 3. The normalized spacial score (nSPS) is 16.6. The van der Waals surface area contributed by atoms with E-state index in [1.165, 1.54) is 42.3 Å². The summed E-state index contributed by atoms with van der Waals surface area (Å²) < 4.78 is 49.1. The molecule has 1 atom stereocenters. The molecule has 0 aliphatic carbocycles. The number of hydrogen-bond donors (Lipinski definition) is 0. The smallest absolute Gasteiger partial charge is 0.416 e. The predicted molar refractivity (Wildman–Crippen MR) is 90.5 cm³/mol. The Morgan fingerprint density at radius 2 is 1.96 bits per heavy atom. The highest BCUT2D eigenvalue weighted by atomic mass is 19.4. The lowest BCUT2D eigenvalue weighted by Crippen LogP contribution is -2.44. The van der Waals surface area contributed by atoms with Gasteiger partial charge in [-0.25, -0.2) is 4.79 Å². The van der Waals surface area contributed by atoms with E-state index in [2.05, 4.69) is 4.74 Å². The van der Waals surface area contributed by atoms with Crippen molar-refractivity contribution in [2.45, 2.75) is 25.7 Å². The highest BCUT2D eigenvalue weighted by Gasteiger charge is 2.34. The van der Waals surface area contributed by atoms with E-state index in [4.69, 9.17) is 4.74 Å². The first kappa shape index (κ1) is 18.8. The highest BCUT2D eigenvalue weighted by molar-refractivity contribution is 6.01. The first-order chi connectivity index (χ1) is 12.7. The molecule has 1 aliphatic rings. The van der Waals surface area contributed by atoms with Crippen LogP contribution in [0.25, 0.3) is 0 Å². The van der Waals surface area contributed by atoms with Gasteiger partial charge in [0.1, 0.15) is 5.75 Å². The lowest BCUT2D eigenvalue weighted by atomic mass is 10.1. The number of carbonyl (C=O) groups is 2. The fourth-order valence-electron chi connectivity index (χ4n) is 2.84. The Balaban J connectivity index is 2.00. The van der Waals surface area contributed by atoms with Gasteiger partial charge in [-0.2, -0.15) is 13.2 Å². The lowest BCUT2D eigenvalue weighted by molar-refractivity contribution is -0.137. The summed E-state index contributed by atoms with van der Waals surface area (Å²) in [6.45, 7) is 1.46. The number of alkyl halides is 3. The average molecular weight is 379 g/mol. The van der Waals surface area contributed by atoms with Crippen LogP contribution in [0.5, 0.6) is 5.75 Å². The number of benzene rings is 2. The highest BCUT2D eigenvalue weighted by Crippen LogP contribution is 2.37. The molecule has 0 radical (unpaired) electrons. The summed E-state index contributed by atoms with van der Waals surface area (Å²) in [5.74, 6) is -0.647. The number of fused-ring (bicyclic) bond motifs is 1. The number of hydrogen-bond acceptors (Lipinski definition) is 4. The third kappa shape index (κ3) is 3.74. The molecule has 0 fully saturated rings. The number of ether oxygens (including phenoxy) is 2. The van der Waals surface area contributed by atoms with Crippen LogP contribution in [0, 0.1) is 0 Å². The van der Waals surface area contributed by atoms with Crippen molar-refractivity contribution in [3.8, 4) is 5.75 Å². The SMILES string of the molecule is COC(=O)c1ccc2c(c1)N(Cc1cccc(C(F)(F)F)c1)C(=O)C(C)O2. The van der Waals surface area contributed by atoms with Gasteiger partial charge in [0.15, 0.2) is 6.10 Å². The van der Waals surface area contributed by atoms with Gasteiger partial charge >= 0.3 is 12.1 Å². The molecule has 1 unspecified atom stereocenters. The van der Waals surface area contributed by atoms with Crippen molar-refractivity contribution in [2.24, 2.45) is 0 Å². The van der Waals surface area contributed by atoms with Crippen LogP contribution in [0.15, 0.2) is 42.5 Å². The standard InChI is InChI=1S/C19H16F3NO4/c1-11-17(24)23(10-12-4-3-5-14(8-12)19(20,21)22)15-9-13(18(25)26-2)6-7-16(15)27-11/h3-9,11H,10H2,1-2H3. The summed E-state index contributed by atoms with van der Waals surface area (Å²) >= 11 is 0. The zero-order valence-electron chi connectivity index (χ0n) is 14.5. The minimum Gasteiger partial charge on any atom is -0.479 e. The van der Waals surface area contributed by atoms with Crippen LogP contribution in [0.1, 0.15) is 28.4 Å². The molecule has 0 N–H and O–H groups in total. The third-order valence-electron chi connectivity index (χ3n) is 4.18. The average Bonchev–Trinajstić information content (AvgIpc) is 2.64. The Labute approximate surface area is 153 Å². The second-order valence-corrected chi connectivity index (χ2v) is 6.06. The molecule has 0 saturated carbocycles. The zero-order chi connectivity index (χ0) is 19.8. The van der Waals surface area contributed by atoms with Gasteiger partial charge in [0.05, 0.1) is 30.5 Å². The molecular weight excluding hydrogens is 363 g/mol. The maximum atomic E-state index is 13.0. The molecule has 142 valence electrons. The lowest BCUT2D eigenvalue weighted by Gasteiger charge is -2.33. The first-order valence-corrected chi connectivity index (χ1v) is 8.07. The van der Waals surface area contributed by atoms with E-state index in [0.717, 1.165) is 12.1 Å². The second kappa shape index (κ2) is 6.94. The van der Waals surface area contributed by atoms with E-state index >= 15 is 0 Å². The van der Waals surface area contributed by atoms with E-state index in [-0.39, 0.29) is 12.1 Å². The summed E-state index contributed by atoms with van der Waals surface area (Å²) in [4.78, 5) is 25.7. The summed E-state index contributed by atoms with van der Waals surface area (Å²) in [6.07, 6.45) is -5.28. The van der Waals surface area contributed by atoms with E-state index in [1.807, 2.05) is 0 Å². The van der Waals surface area contributed by atoms with Gasteiger partial charge in [-0.3, -0.25) is 4.79 Å². The van der Waals surface area contributed by atoms with Crippen LogP contribution in [0.3, 0.4) is 0 Å². The summed E-state index contributed by atoms with van der Waals surface area (Å²) in [5.41, 5.74) is 0.0219. The van der Waals surface area contributed by atoms with E-state index < -0.39 is 29.7 Å². The molecule has 0 bridgehead atoms. The Morgan fingerprint density at radius 1 is 1.22 bits per heavy atom. The van der Waals surface area contributed by atoms with Crippen molar-refractivity contribution in [3.63, 3.8) is 0 Å². The van der Waals surface area contributed by atoms with Crippen LogP contribution in [-0.2, 0) is 22.3 Å². The Bertz CT molecular complexity index is 895. The Kier molecular flexibility index (Phi) is 4.82. The molecule has 2 aromatic carbocycles. The summed E-state index contributed by atoms with van der Waals surface area (Å²) in [6, 6.07) is 9.22. The van der Waals surface area contributed by atoms with E-state index in [1.54, 1.807) is 6.92 Å². The molecule has 0 spiro atoms. The predicted octanol–water partition coefficient (Wildman–Crippen LogP) is 3.81. The van der Waals surface area contributed by atoms with Gasteiger partial charge in [0.25, 0.3) is 5.91 Å². The summed E-state index contributed by atoms with van der Waals surface area (Å²) in [5, 5.41) is 0. The largest absolute Gasteiger partial charge is 0.479 e. The number of anilines is 1. The molecule has 1 amide bonds. The maximum Gasteiger partial charge on any atom is 0.416 e. The summed E-state index contributed by atoms with van der Waals surface area (Å²) in [7, 11) is 1.23.